The summed E-state index contributed by atoms with van der Waals surface area (Å²) in [5, 5.41) is 7.08. The molecule has 0 radical (unpaired) electrons. The predicted octanol–water partition coefficient (Wildman–Crippen LogP) is 14.5. The normalized spacial score (nSPS) is 11.4. The highest BCUT2D eigenvalue weighted by Crippen LogP contribution is 2.46. The third-order valence-electron chi connectivity index (χ3n) is 10.2. The van der Waals surface area contributed by atoms with E-state index < -0.39 is 0 Å². The molecule has 1 heterocycles. The first-order chi connectivity index (χ1) is 26.3. The summed E-state index contributed by atoms with van der Waals surface area (Å²) in [5.74, 6) is 0. The minimum Gasteiger partial charge on any atom is -0.456 e. The van der Waals surface area contributed by atoms with Crippen molar-refractivity contribution in [3.63, 3.8) is 0 Å². The maximum absolute atomic E-state index is 6.66. The highest BCUT2D eigenvalue weighted by Gasteiger charge is 2.21. The van der Waals surface area contributed by atoms with Crippen molar-refractivity contribution in [3.8, 4) is 11.1 Å². The summed E-state index contributed by atoms with van der Waals surface area (Å²) in [6, 6.07) is 73.1. The lowest BCUT2D eigenvalue weighted by atomic mass is 9.98. The zero-order chi connectivity index (χ0) is 35.1. The number of benzene rings is 9. The van der Waals surface area contributed by atoms with Crippen molar-refractivity contribution in [3.05, 3.63) is 206 Å². The van der Waals surface area contributed by atoms with Gasteiger partial charge in [-0.3, -0.25) is 0 Å². The van der Waals surface area contributed by atoms with E-state index in [0.29, 0.717) is 0 Å². The largest absolute Gasteiger partial charge is 0.456 e. The van der Waals surface area contributed by atoms with Crippen molar-refractivity contribution in [2.24, 2.45) is 0 Å². The van der Waals surface area contributed by atoms with Crippen LogP contribution in [0, 0.1) is 0 Å². The summed E-state index contributed by atoms with van der Waals surface area (Å²) in [6.45, 7) is 0. The Hall–Kier alpha value is -7.10. The molecule has 10 rings (SSSR count). The van der Waals surface area contributed by atoms with Crippen LogP contribution in [0.1, 0.15) is 0 Å². The van der Waals surface area contributed by atoms with Gasteiger partial charge in [-0.25, -0.2) is 0 Å². The Bertz CT molecular complexity index is 2820. The molecule has 0 aliphatic heterocycles. The Labute approximate surface area is 308 Å². The molecule has 0 fully saturated rings. The molecule has 0 aliphatic carbocycles. The second-order valence-corrected chi connectivity index (χ2v) is 13.3. The van der Waals surface area contributed by atoms with Crippen LogP contribution in [0.25, 0.3) is 54.6 Å². The van der Waals surface area contributed by atoms with E-state index in [1.54, 1.807) is 0 Å². The zero-order valence-corrected chi connectivity index (χ0v) is 28.9. The van der Waals surface area contributed by atoms with Gasteiger partial charge < -0.3 is 14.2 Å². The molecule has 3 nitrogen and oxygen atoms in total. The number of nitrogens with zero attached hydrogens (tertiary/aromatic N) is 2. The third-order valence-corrected chi connectivity index (χ3v) is 10.2. The number of anilines is 6. The molecule has 9 aromatic carbocycles. The summed E-state index contributed by atoms with van der Waals surface area (Å²) < 4.78 is 6.66. The second-order valence-electron chi connectivity index (χ2n) is 13.3. The van der Waals surface area contributed by atoms with E-state index in [0.717, 1.165) is 67.2 Å². The van der Waals surface area contributed by atoms with Gasteiger partial charge in [0.25, 0.3) is 0 Å². The van der Waals surface area contributed by atoms with Crippen molar-refractivity contribution in [2.45, 2.75) is 0 Å². The first kappa shape index (κ1) is 30.7. The maximum atomic E-state index is 6.66. The molecule has 0 N–H and O–H groups in total. The Morgan fingerprint density at radius 1 is 0.302 bits per heavy atom. The van der Waals surface area contributed by atoms with E-state index in [1.807, 2.05) is 0 Å². The number of hydrogen-bond donors (Lipinski definition) is 0. The van der Waals surface area contributed by atoms with Gasteiger partial charge in [0.15, 0.2) is 0 Å². The maximum Gasteiger partial charge on any atom is 0.138 e. The summed E-state index contributed by atoms with van der Waals surface area (Å²) in [4.78, 5) is 4.63. The van der Waals surface area contributed by atoms with Crippen LogP contribution in [0.15, 0.2) is 211 Å². The van der Waals surface area contributed by atoms with E-state index in [2.05, 4.69) is 216 Å². The van der Waals surface area contributed by atoms with Gasteiger partial charge in [-0.05, 0) is 94.0 Å². The molecule has 1 aromatic heterocycles. The molecule has 0 aliphatic rings. The van der Waals surface area contributed by atoms with Crippen molar-refractivity contribution < 1.29 is 4.42 Å². The van der Waals surface area contributed by atoms with Crippen LogP contribution in [-0.2, 0) is 0 Å². The van der Waals surface area contributed by atoms with Crippen LogP contribution < -0.4 is 9.80 Å². The van der Waals surface area contributed by atoms with E-state index in [-0.39, 0.29) is 0 Å². The quantitative estimate of drug-likeness (QED) is 0.167. The SMILES string of the molecule is c1ccc(N(c2ccccc2)c2ccc(-c3ccc(N(c4ccccc4)c4cc5oc6ccc7ccccc7c6c5c5ccccc45)cc3)cc2)cc1. The van der Waals surface area contributed by atoms with Crippen LogP contribution in [0.5, 0.6) is 0 Å². The fourth-order valence-corrected chi connectivity index (χ4v) is 7.78. The lowest BCUT2D eigenvalue weighted by Crippen LogP contribution is -2.10. The number of hydrogen-bond acceptors (Lipinski definition) is 3. The molecular weight excluding hydrogens is 645 g/mol. The molecule has 0 saturated carbocycles. The first-order valence-corrected chi connectivity index (χ1v) is 18.0. The fourth-order valence-electron chi connectivity index (χ4n) is 7.78. The van der Waals surface area contributed by atoms with Gasteiger partial charge in [0, 0.05) is 50.7 Å². The lowest BCUT2D eigenvalue weighted by Gasteiger charge is -2.27. The molecule has 0 bridgehead atoms. The van der Waals surface area contributed by atoms with Crippen molar-refractivity contribution in [2.75, 3.05) is 9.80 Å². The number of fused-ring (bicyclic) bond motifs is 7. The van der Waals surface area contributed by atoms with E-state index >= 15 is 0 Å². The Morgan fingerprint density at radius 2 is 0.736 bits per heavy atom. The monoisotopic (exact) mass is 678 g/mol. The second kappa shape index (κ2) is 12.9. The van der Waals surface area contributed by atoms with E-state index in [1.165, 1.54) is 21.5 Å². The summed E-state index contributed by atoms with van der Waals surface area (Å²) in [7, 11) is 0. The van der Waals surface area contributed by atoms with Gasteiger partial charge in [0.1, 0.15) is 11.2 Å². The van der Waals surface area contributed by atoms with Crippen LogP contribution in [-0.4, -0.2) is 0 Å². The topological polar surface area (TPSA) is 19.6 Å². The summed E-state index contributed by atoms with van der Waals surface area (Å²) in [5.41, 5.74) is 10.7. The molecule has 0 saturated heterocycles. The van der Waals surface area contributed by atoms with Gasteiger partial charge in [-0.15, -0.1) is 0 Å². The Morgan fingerprint density at radius 3 is 1.32 bits per heavy atom. The molecule has 0 spiro atoms. The standard InChI is InChI=1S/C50H34N2O/c1-4-15-38(16-5-1)51(39-17-6-2-7-18-39)41-29-24-35(25-30-41)36-26-31-42(32-27-36)52(40-19-8-3-9-20-40)46-34-48-50(45-23-13-12-22-44(45)46)49-43-21-11-10-14-37(43)28-33-47(49)53-48/h1-34H. The Kier molecular flexibility index (Phi) is 7.47. The van der Waals surface area contributed by atoms with Crippen molar-refractivity contribution in [1.82, 2.24) is 0 Å². The number of para-hydroxylation sites is 3. The molecule has 250 valence electrons. The molecule has 3 heteroatoms. The molecule has 0 unspecified atom stereocenters. The van der Waals surface area contributed by atoms with Crippen LogP contribution >= 0.6 is 0 Å². The van der Waals surface area contributed by atoms with Gasteiger partial charge >= 0.3 is 0 Å². The highest BCUT2D eigenvalue weighted by atomic mass is 16.3. The van der Waals surface area contributed by atoms with Gasteiger partial charge in [-0.1, -0.05) is 133 Å². The number of rotatable bonds is 7. The van der Waals surface area contributed by atoms with Crippen LogP contribution in [0.4, 0.5) is 34.1 Å². The molecular formula is C50H34N2O. The molecule has 53 heavy (non-hydrogen) atoms. The molecule has 0 atom stereocenters. The van der Waals surface area contributed by atoms with Gasteiger partial charge in [-0.2, -0.15) is 0 Å². The fraction of sp³-hybridized carbons (Fsp3) is 0. The summed E-state index contributed by atoms with van der Waals surface area (Å²) >= 11 is 0. The van der Waals surface area contributed by atoms with E-state index in [9.17, 15) is 0 Å². The molecule has 0 amide bonds. The average Bonchev–Trinajstić information content (AvgIpc) is 3.62. The van der Waals surface area contributed by atoms with E-state index in [4.69, 9.17) is 4.42 Å². The predicted molar refractivity (Wildman–Crippen MR) is 224 cm³/mol. The average molecular weight is 679 g/mol. The van der Waals surface area contributed by atoms with Gasteiger partial charge in [0.05, 0.1) is 5.69 Å². The first-order valence-electron chi connectivity index (χ1n) is 18.0. The third kappa shape index (κ3) is 5.38. The minimum absolute atomic E-state index is 0.878. The zero-order valence-electron chi connectivity index (χ0n) is 28.9. The molecule has 10 aromatic rings. The smallest absolute Gasteiger partial charge is 0.138 e. The minimum atomic E-state index is 0.878. The van der Waals surface area contributed by atoms with Crippen molar-refractivity contribution >= 4 is 77.6 Å². The van der Waals surface area contributed by atoms with Crippen LogP contribution in [0.3, 0.4) is 0 Å². The van der Waals surface area contributed by atoms with Gasteiger partial charge in [0.2, 0.25) is 0 Å². The summed E-state index contributed by atoms with van der Waals surface area (Å²) in [6.07, 6.45) is 0. The number of furan rings is 1. The Balaban J connectivity index is 1.07. The van der Waals surface area contributed by atoms with Crippen LogP contribution in [0.2, 0.25) is 0 Å². The lowest BCUT2D eigenvalue weighted by molar-refractivity contribution is 0.669. The van der Waals surface area contributed by atoms with Crippen molar-refractivity contribution in [1.29, 1.82) is 0 Å². The highest BCUT2D eigenvalue weighted by molar-refractivity contribution is 6.28.